The first-order valence-corrected chi connectivity index (χ1v) is 4.93. The van der Waals surface area contributed by atoms with Gasteiger partial charge in [-0.15, -0.1) is 0 Å². The number of carbonyl (C=O) groups is 2. The summed E-state index contributed by atoms with van der Waals surface area (Å²) in [4.78, 5) is 23.6. The Bertz CT molecular complexity index is 355. The van der Waals surface area contributed by atoms with E-state index in [4.69, 9.17) is 4.74 Å². The van der Waals surface area contributed by atoms with E-state index < -0.39 is 28.9 Å². The molecule has 0 spiro atoms. The van der Waals surface area contributed by atoms with Crippen LogP contribution >= 0.6 is 0 Å². The minimum Gasteiger partial charge on any atom is -0.468 e. The van der Waals surface area contributed by atoms with Crippen LogP contribution in [0.2, 0.25) is 0 Å². The van der Waals surface area contributed by atoms with Crippen LogP contribution in [0.1, 0.15) is 20.8 Å². The summed E-state index contributed by atoms with van der Waals surface area (Å²) in [6, 6.07) is -0.427. The van der Waals surface area contributed by atoms with Crippen LogP contribution in [0.25, 0.3) is 0 Å². The molecule has 6 nitrogen and oxygen atoms in total. The van der Waals surface area contributed by atoms with Gasteiger partial charge in [-0.3, -0.25) is 4.79 Å². The summed E-state index contributed by atoms with van der Waals surface area (Å²) in [6.07, 6.45) is 0. The van der Waals surface area contributed by atoms with Crippen molar-refractivity contribution in [3.8, 4) is 0 Å². The van der Waals surface area contributed by atoms with Crippen molar-refractivity contribution in [2.24, 2.45) is 15.6 Å². The summed E-state index contributed by atoms with van der Waals surface area (Å²) in [6.45, 7) is 4.86. The van der Waals surface area contributed by atoms with Crippen molar-refractivity contribution in [1.82, 2.24) is 0 Å². The molecule has 1 aliphatic rings. The van der Waals surface area contributed by atoms with E-state index in [0.29, 0.717) is 0 Å². The van der Waals surface area contributed by atoms with Crippen molar-refractivity contribution >= 4 is 11.9 Å². The van der Waals surface area contributed by atoms with Gasteiger partial charge in [-0.1, -0.05) is 0 Å². The lowest BCUT2D eigenvalue weighted by Gasteiger charge is -2.34. The number of methoxy groups -OCH3 is 2. The van der Waals surface area contributed by atoms with E-state index in [9.17, 15) is 9.59 Å². The van der Waals surface area contributed by atoms with Gasteiger partial charge in [0.1, 0.15) is 5.41 Å². The maximum absolute atomic E-state index is 11.8. The third kappa shape index (κ3) is 1.32. The molecule has 0 saturated heterocycles. The van der Waals surface area contributed by atoms with Gasteiger partial charge in [-0.2, -0.15) is 10.2 Å². The highest BCUT2D eigenvalue weighted by Gasteiger charge is 2.64. The largest absolute Gasteiger partial charge is 0.468 e. The Labute approximate surface area is 94.0 Å². The Morgan fingerprint density at radius 3 is 2.06 bits per heavy atom. The summed E-state index contributed by atoms with van der Waals surface area (Å²) < 4.78 is 9.41. The molecule has 1 heterocycles. The van der Waals surface area contributed by atoms with Gasteiger partial charge in [0.25, 0.3) is 0 Å². The van der Waals surface area contributed by atoms with Crippen LogP contribution in [0.15, 0.2) is 10.2 Å². The van der Waals surface area contributed by atoms with Gasteiger partial charge < -0.3 is 9.47 Å². The molecule has 0 unspecified atom stereocenters. The normalized spacial score (nSPS) is 37.2. The van der Waals surface area contributed by atoms with Crippen molar-refractivity contribution in [3.63, 3.8) is 0 Å². The van der Waals surface area contributed by atoms with Gasteiger partial charge in [0.05, 0.1) is 20.3 Å². The van der Waals surface area contributed by atoms with Crippen molar-refractivity contribution in [3.05, 3.63) is 0 Å². The average molecular weight is 228 g/mol. The van der Waals surface area contributed by atoms with E-state index in [1.165, 1.54) is 21.1 Å². The number of rotatable bonds is 2. The zero-order valence-electron chi connectivity index (χ0n) is 10.1. The summed E-state index contributed by atoms with van der Waals surface area (Å²) >= 11 is 0. The highest BCUT2D eigenvalue weighted by atomic mass is 16.5. The lowest BCUT2D eigenvalue weighted by atomic mass is 9.69. The molecule has 0 aromatic heterocycles. The molecule has 0 bridgehead atoms. The molecule has 0 radical (unpaired) electrons. The molecule has 0 N–H and O–H groups in total. The fraction of sp³-hybridized carbons (Fsp3) is 0.800. The van der Waals surface area contributed by atoms with E-state index in [1.807, 2.05) is 0 Å². The molecule has 1 aliphatic heterocycles. The average Bonchev–Trinajstić information content (AvgIpc) is 2.53. The van der Waals surface area contributed by atoms with Crippen molar-refractivity contribution in [2.45, 2.75) is 32.4 Å². The van der Waals surface area contributed by atoms with E-state index in [2.05, 4.69) is 15.0 Å². The van der Waals surface area contributed by atoms with Crippen molar-refractivity contribution < 1.29 is 19.1 Å². The Balaban J connectivity index is 3.24. The molecule has 1 rings (SSSR count). The van der Waals surface area contributed by atoms with Crippen LogP contribution in [-0.2, 0) is 19.1 Å². The van der Waals surface area contributed by atoms with Gasteiger partial charge in [-0.25, -0.2) is 4.79 Å². The maximum atomic E-state index is 11.8. The summed E-state index contributed by atoms with van der Waals surface area (Å²) in [5.41, 5.74) is -2.46. The molecule has 0 amide bonds. The predicted molar refractivity (Wildman–Crippen MR) is 54.9 cm³/mol. The molecule has 90 valence electrons. The lowest BCUT2D eigenvalue weighted by molar-refractivity contribution is -0.165. The molecular weight excluding hydrogens is 212 g/mol. The van der Waals surface area contributed by atoms with Crippen LogP contribution in [0.3, 0.4) is 0 Å². The Morgan fingerprint density at radius 1 is 1.12 bits per heavy atom. The van der Waals surface area contributed by atoms with Gasteiger partial charge >= 0.3 is 11.9 Å². The monoisotopic (exact) mass is 228 g/mol. The minimum absolute atomic E-state index is 0.427. The first-order chi connectivity index (χ1) is 7.34. The van der Waals surface area contributed by atoms with E-state index in [-0.39, 0.29) is 0 Å². The Kier molecular flexibility index (Phi) is 3.03. The fourth-order valence-electron chi connectivity index (χ4n) is 1.86. The number of azo groups is 1. The number of nitrogens with zero attached hydrogens (tertiary/aromatic N) is 2. The molecule has 0 aliphatic carbocycles. The summed E-state index contributed by atoms with van der Waals surface area (Å²) in [5.74, 6) is -1.11. The molecule has 3 atom stereocenters. The zero-order valence-corrected chi connectivity index (χ0v) is 10.1. The van der Waals surface area contributed by atoms with E-state index in [0.717, 1.165) is 0 Å². The lowest BCUT2D eigenvalue weighted by Crippen LogP contribution is -2.55. The molecule has 0 fully saturated rings. The van der Waals surface area contributed by atoms with Gasteiger partial charge in [0.2, 0.25) is 0 Å². The molecule has 0 aromatic rings. The number of hydrogen-bond donors (Lipinski definition) is 0. The SMILES string of the molecule is COC(=O)[C@]1(C)N=N[C@H](C)[C@@]1(C)C(=O)OC. The van der Waals surface area contributed by atoms with Crippen LogP contribution in [0.4, 0.5) is 0 Å². The van der Waals surface area contributed by atoms with Crippen LogP contribution < -0.4 is 0 Å². The summed E-state index contributed by atoms with van der Waals surface area (Å²) in [7, 11) is 2.53. The van der Waals surface area contributed by atoms with Gasteiger partial charge in [0.15, 0.2) is 5.54 Å². The third-order valence-electron chi connectivity index (χ3n) is 3.47. The molecular formula is C10H16N2O4. The molecule has 16 heavy (non-hydrogen) atoms. The Hall–Kier alpha value is -1.46. The van der Waals surface area contributed by atoms with Gasteiger partial charge in [0, 0.05) is 0 Å². The maximum Gasteiger partial charge on any atom is 0.336 e. The molecule has 6 heteroatoms. The Morgan fingerprint density at radius 2 is 1.62 bits per heavy atom. The topological polar surface area (TPSA) is 77.3 Å². The predicted octanol–water partition coefficient (Wildman–Crippen LogP) is 0.952. The van der Waals surface area contributed by atoms with Crippen LogP contribution in [0.5, 0.6) is 0 Å². The second-order valence-electron chi connectivity index (χ2n) is 4.15. The fourth-order valence-corrected chi connectivity index (χ4v) is 1.86. The smallest absolute Gasteiger partial charge is 0.336 e. The summed E-state index contributed by atoms with van der Waals surface area (Å²) in [5, 5.41) is 7.80. The number of esters is 2. The molecule has 0 saturated carbocycles. The second kappa shape index (κ2) is 3.84. The number of ether oxygens (including phenoxy) is 2. The first-order valence-electron chi connectivity index (χ1n) is 4.93. The quantitative estimate of drug-likeness (QED) is 0.659. The van der Waals surface area contributed by atoms with E-state index in [1.54, 1.807) is 13.8 Å². The highest BCUT2D eigenvalue weighted by Crippen LogP contribution is 2.46. The zero-order chi connectivity index (χ0) is 12.6. The standard InChI is InChI=1S/C10H16N2O4/c1-6-9(2,7(13)15-4)10(3,12-11-6)8(14)16-5/h6H,1-5H3/t6-,9+,10+/m1/s1. The minimum atomic E-state index is -1.33. The first kappa shape index (κ1) is 12.6. The van der Waals surface area contributed by atoms with Crippen molar-refractivity contribution in [2.75, 3.05) is 14.2 Å². The highest BCUT2D eigenvalue weighted by molar-refractivity contribution is 5.92. The number of hydrogen-bond acceptors (Lipinski definition) is 6. The number of carbonyl (C=O) groups excluding carboxylic acids is 2. The molecule has 0 aromatic carbocycles. The second-order valence-corrected chi connectivity index (χ2v) is 4.15. The third-order valence-corrected chi connectivity index (χ3v) is 3.47. The van der Waals surface area contributed by atoms with Crippen molar-refractivity contribution in [1.29, 1.82) is 0 Å². The van der Waals surface area contributed by atoms with Gasteiger partial charge in [-0.05, 0) is 20.8 Å². The van der Waals surface area contributed by atoms with Crippen LogP contribution in [-0.4, -0.2) is 37.7 Å². The van der Waals surface area contributed by atoms with E-state index >= 15 is 0 Å². The van der Waals surface area contributed by atoms with Crippen LogP contribution in [0, 0.1) is 5.41 Å².